The lowest BCUT2D eigenvalue weighted by atomic mass is 10.0. The van der Waals surface area contributed by atoms with Crippen LogP contribution in [0.15, 0.2) is 36.5 Å². The first kappa shape index (κ1) is 17.0. The van der Waals surface area contributed by atoms with Crippen LogP contribution < -0.4 is 10.2 Å². The lowest BCUT2D eigenvalue weighted by Crippen LogP contribution is -2.36. The van der Waals surface area contributed by atoms with Crippen LogP contribution in [0.5, 0.6) is 0 Å². The predicted molar refractivity (Wildman–Crippen MR) is 95.1 cm³/mol. The summed E-state index contributed by atoms with van der Waals surface area (Å²) in [7, 11) is 0. The number of halogens is 2. The van der Waals surface area contributed by atoms with E-state index in [1.165, 1.54) is 6.07 Å². The van der Waals surface area contributed by atoms with Crippen LogP contribution in [0.3, 0.4) is 0 Å². The van der Waals surface area contributed by atoms with Gasteiger partial charge < -0.3 is 15.3 Å². The quantitative estimate of drug-likeness (QED) is 0.875. The molecule has 1 atom stereocenters. The molecule has 0 aliphatic carbocycles. The second-order valence-electron chi connectivity index (χ2n) is 6.12. The number of anilines is 2. The van der Waals surface area contributed by atoms with Crippen LogP contribution in [0.25, 0.3) is 0 Å². The normalized spacial score (nSPS) is 16.9. The van der Waals surface area contributed by atoms with Crippen molar-refractivity contribution in [2.75, 3.05) is 23.3 Å². The largest absolute Gasteiger partial charge is 0.393 e. The number of nitrogens with zero attached hydrogens (tertiary/aromatic N) is 2. The summed E-state index contributed by atoms with van der Waals surface area (Å²) in [5, 5.41) is 13.5. The third-order valence-electron chi connectivity index (χ3n) is 4.37. The Kier molecular flexibility index (Phi) is 5.21. The first-order chi connectivity index (χ1) is 11.5. The molecule has 2 heterocycles. The minimum atomic E-state index is -0.272. The average Bonchev–Trinajstić information content (AvgIpc) is 2.58. The molecule has 0 bridgehead atoms. The lowest BCUT2D eigenvalue weighted by molar-refractivity contribution is 0.145. The Labute approximate surface area is 146 Å². The molecule has 128 valence electrons. The molecule has 1 unspecified atom stereocenters. The summed E-state index contributed by atoms with van der Waals surface area (Å²) < 4.78 is 13.8. The average molecular weight is 350 g/mol. The monoisotopic (exact) mass is 349 g/mol. The summed E-state index contributed by atoms with van der Waals surface area (Å²) in [6.07, 6.45) is 2.88. The van der Waals surface area contributed by atoms with Gasteiger partial charge in [-0.1, -0.05) is 11.6 Å². The maximum absolute atomic E-state index is 13.8. The SMILES string of the molecule is CC(Nc1ncccc1Cl)c1cc(F)ccc1N1CCC(O)CC1. The Morgan fingerprint density at radius 3 is 2.79 bits per heavy atom. The topological polar surface area (TPSA) is 48.4 Å². The molecular formula is C18H21ClFN3O. The summed E-state index contributed by atoms with van der Waals surface area (Å²) >= 11 is 6.15. The standard InChI is InChI=1S/C18H21ClFN3O/c1-12(22-18-16(19)3-2-8-21-18)15-11-13(20)4-5-17(15)23-9-6-14(24)7-10-23/h2-5,8,11-12,14,24H,6-7,9-10H2,1H3,(H,21,22). The van der Waals surface area contributed by atoms with Gasteiger partial charge >= 0.3 is 0 Å². The Hall–Kier alpha value is -1.85. The maximum Gasteiger partial charge on any atom is 0.145 e. The van der Waals surface area contributed by atoms with Crippen molar-refractivity contribution in [1.29, 1.82) is 0 Å². The van der Waals surface area contributed by atoms with Crippen LogP contribution in [-0.2, 0) is 0 Å². The van der Waals surface area contributed by atoms with Crippen LogP contribution in [0.4, 0.5) is 15.9 Å². The Bertz CT molecular complexity index is 704. The molecule has 2 N–H and O–H groups in total. The Morgan fingerprint density at radius 2 is 2.08 bits per heavy atom. The molecule has 1 fully saturated rings. The molecule has 1 aliphatic rings. The Balaban J connectivity index is 1.86. The van der Waals surface area contributed by atoms with Crippen molar-refractivity contribution in [1.82, 2.24) is 4.98 Å². The van der Waals surface area contributed by atoms with Gasteiger partial charge in [0.1, 0.15) is 11.6 Å². The van der Waals surface area contributed by atoms with E-state index in [0.717, 1.165) is 37.2 Å². The summed E-state index contributed by atoms with van der Waals surface area (Å²) in [6, 6.07) is 8.21. The van der Waals surface area contributed by atoms with Crippen LogP contribution in [0, 0.1) is 5.82 Å². The molecule has 0 amide bonds. The van der Waals surface area contributed by atoms with E-state index in [1.807, 2.05) is 6.92 Å². The van der Waals surface area contributed by atoms with Gasteiger partial charge in [-0.2, -0.15) is 0 Å². The van der Waals surface area contributed by atoms with Gasteiger partial charge in [-0.3, -0.25) is 0 Å². The minimum Gasteiger partial charge on any atom is -0.393 e. The smallest absolute Gasteiger partial charge is 0.145 e. The number of piperidine rings is 1. The van der Waals surface area contributed by atoms with Crippen LogP contribution in [0.2, 0.25) is 5.02 Å². The fraction of sp³-hybridized carbons (Fsp3) is 0.389. The first-order valence-electron chi connectivity index (χ1n) is 8.14. The van der Waals surface area contributed by atoms with Crippen molar-refractivity contribution in [3.05, 3.63) is 52.9 Å². The third kappa shape index (κ3) is 3.79. The van der Waals surface area contributed by atoms with Gasteiger partial charge in [0.2, 0.25) is 0 Å². The van der Waals surface area contributed by atoms with Gasteiger partial charge in [0.15, 0.2) is 0 Å². The minimum absolute atomic E-state index is 0.157. The molecule has 3 rings (SSSR count). The van der Waals surface area contributed by atoms with E-state index in [4.69, 9.17) is 11.6 Å². The van der Waals surface area contributed by atoms with Gasteiger partial charge in [0.05, 0.1) is 17.2 Å². The molecule has 0 spiro atoms. The van der Waals surface area contributed by atoms with Crippen LogP contribution in [-0.4, -0.2) is 29.3 Å². The molecular weight excluding hydrogens is 329 g/mol. The fourth-order valence-corrected chi connectivity index (χ4v) is 3.22. The first-order valence-corrected chi connectivity index (χ1v) is 8.52. The van der Waals surface area contributed by atoms with E-state index in [0.29, 0.717) is 10.8 Å². The zero-order valence-corrected chi connectivity index (χ0v) is 14.3. The molecule has 1 saturated heterocycles. The number of nitrogens with one attached hydrogen (secondary N) is 1. The molecule has 1 aliphatic heterocycles. The third-order valence-corrected chi connectivity index (χ3v) is 4.68. The lowest BCUT2D eigenvalue weighted by Gasteiger charge is -2.34. The number of pyridine rings is 1. The van der Waals surface area contributed by atoms with Crippen LogP contribution >= 0.6 is 11.6 Å². The molecule has 1 aromatic carbocycles. The van der Waals surface area contributed by atoms with Gasteiger partial charge in [-0.05, 0) is 50.1 Å². The van der Waals surface area contributed by atoms with Crippen molar-refractivity contribution in [3.63, 3.8) is 0 Å². The van der Waals surface area contributed by atoms with Crippen molar-refractivity contribution in [2.24, 2.45) is 0 Å². The van der Waals surface area contributed by atoms with E-state index in [9.17, 15) is 9.50 Å². The number of benzene rings is 1. The Morgan fingerprint density at radius 1 is 1.33 bits per heavy atom. The van der Waals surface area contributed by atoms with Gasteiger partial charge in [-0.15, -0.1) is 0 Å². The van der Waals surface area contributed by atoms with Crippen molar-refractivity contribution in [2.45, 2.75) is 31.9 Å². The molecule has 24 heavy (non-hydrogen) atoms. The van der Waals surface area contributed by atoms with E-state index >= 15 is 0 Å². The fourth-order valence-electron chi connectivity index (χ4n) is 3.04. The molecule has 4 nitrogen and oxygen atoms in total. The summed E-state index contributed by atoms with van der Waals surface area (Å²) in [4.78, 5) is 6.43. The molecule has 0 radical (unpaired) electrons. The van der Waals surface area contributed by atoms with E-state index in [2.05, 4.69) is 15.2 Å². The summed E-state index contributed by atoms with van der Waals surface area (Å²) in [5.74, 6) is 0.308. The number of hydrogen-bond acceptors (Lipinski definition) is 4. The van der Waals surface area contributed by atoms with Crippen molar-refractivity contribution >= 4 is 23.1 Å². The predicted octanol–water partition coefficient (Wildman–Crippen LogP) is 4.01. The summed E-state index contributed by atoms with van der Waals surface area (Å²) in [6.45, 7) is 3.48. The highest BCUT2D eigenvalue weighted by Crippen LogP contribution is 2.32. The van der Waals surface area contributed by atoms with Gasteiger partial charge in [0, 0.05) is 30.5 Å². The second-order valence-corrected chi connectivity index (χ2v) is 6.53. The number of hydrogen-bond donors (Lipinski definition) is 2. The van der Waals surface area contributed by atoms with E-state index in [-0.39, 0.29) is 18.0 Å². The highest BCUT2D eigenvalue weighted by molar-refractivity contribution is 6.32. The zero-order valence-electron chi connectivity index (χ0n) is 13.5. The zero-order chi connectivity index (χ0) is 17.1. The van der Waals surface area contributed by atoms with Crippen molar-refractivity contribution in [3.8, 4) is 0 Å². The van der Waals surface area contributed by atoms with Crippen molar-refractivity contribution < 1.29 is 9.50 Å². The number of aliphatic hydroxyl groups excluding tert-OH is 1. The number of aliphatic hydroxyl groups is 1. The van der Waals surface area contributed by atoms with Crippen LogP contribution in [0.1, 0.15) is 31.4 Å². The number of rotatable bonds is 4. The van der Waals surface area contributed by atoms with E-state index < -0.39 is 0 Å². The van der Waals surface area contributed by atoms with Gasteiger partial charge in [0.25, 0.3) is 0 Å². The maximum atomic E-state index is 13.8. The molecule has 0 saturated carbocycles. The highest BCUT2D eigenvalue weighted by atomic mass is 35.5. The van der Waals surface area contributed by atoms with E-state index in [1.54, 1.807) is 30.5 Å². The molecule has 1 aromatic heterocycles. The molecule has 2 aromatic rings. The highest BCUT2D eigenvalue weighted by Gasteiger charge is 2.22. The number of aromatic nitrogens is 1. The van der Waals surface area contributed by atoms with Gasteiger partial charge in [-0.25, -0.2) is 9.37 Å². The molecule has 6 heteroatoms. The second kappa shape index (κ2) is 7.36. The summed E-state index contributed by atoms with van der Waals surface area (Å²) in [5.41, 5.74) is 1.84.